The van der Waals surface area contributed by atoms with Gasteiger partial charge in [-0.25, -0.2) is 0 Å². The maximum absolute atomic E-state index is 10.5. The highest BCUT2D eigenvalue weighted by atomic mass is 16.5. The molecule has 2 aliphatic carbocycles. The van der Waals surface area contributed by atoms with Crippen molar-refractivity contribution >= 4 is 0 Å². The van der Waals surface area contributed by atoms with E-state index in [9.17, 15) is 5.11 Å². The molecule has 4 nitrogen and oxygen atoms in total. The lowest BCUT2D eigenvalue weighted by Gasteiger charge is -2.53. The van der Waals surface area contributed by atoms with E-state index in [1.165, 1.54) is 11.1 Å². The van der Waals surface area contributed by atoms with Crippen molar-refractivity contribution in [3.05, 3.63) is 35.4 Å². The van der Waals surface area contributed by atoms with Crippen LogP contribution in [-0.2, 0) is 11.8 Å². The second-order valence-electron chi connectivity index (χ2n) is 6.63. The summed E-state index contributed by atoms with van der Waals surface area (Å²) in [5, 5.41) is 14.1. The number of benzene rings is 1. The molecule has 1 aromatic carbocycles. The molecule has 1 saturated heterocycles. The minimum absolute atomic E-state index is 0.0818. The number of ether oxygens (including phenoxy) is 2. The van der Waals surface area contributed by atoms with Gasteiger partial charge in [-0.3, -0.25) is 0 Å². The molecule has 2 aliphatic heterocycles. The van der Waals surface area contributed by atoms with Crippen LogP contribution in [0.25, 0.3) is 0 Å². The van der Waals surface area contributed by atoms with Gasteiger partial charge in [0.15, 0.2) is 11.5 Å². The Bertz CT molecular complexity index is 656. The monoisotopic (exact) mass is 285 g/mol. The number of aliphatic hydroxyl groups is 1. The molecule has 2 unspecified atom stereocenters. The van der Waals surface area contributed by atoms with Crippen LogP contribution in [0.5, 0.6) is 11.5 Å². The zero-order chi connectivity index (χ0) is 14.2. The van der Waals surface area contributed by atoms with Gasteiger partial charge in [-0.2, -0.15) is 0 Å². The van der Waals surface area contributed by atoms with E-state index in [1.807, 2.05) is 12.1 Å². The fourth-order valence-corrected chi connectivity index (χ4v) is 5.13. The molecule has 4 heteroatoms. The quantitative estimate of drug-likeness (QED) is 0.760. The molecule has 2 N–H and O–H groups in total. The normalized spacial score (nSPS) is 41.4. The molecule has 5 atom stereocenters. The van der Waals surface area contributed by atoms with Crippen LogP contribution < -0.4 is 14.8 Å². The van der Waals surface area contributed by atoms with Gasteiger partial charge in [-0.15, -0.1) is 0 Å². The summed E-state index contributed by atoms with van der Waals surface area (Å²) < 4.78 is 11.8. The van der Waals surface area contributed by atoms with E-state index in [2.05, 4.69) is 17.5 Å². The van der Waals surface area contributed by atoms with Crippen molar-refractivity contribution in [3.63, 3.8) is 0 Å². The highest BCUT2D eigenvalue weighted by Gasteiger charge is 2.63. The molecule has 5 rings (SSSR count). The third-order valence-corrected chi connectivity index (χ3v) is 5.88. The average molecular weight is 285 g/mol. The van der Waals surface area contributed by atoms with Crippen LogP contribution in [0.2, 0.25) is 0 Å². The second-order valence-corrected chi connectivity index (χ2v) is 6.63. The predicted molar refractivity (Wildman–Crippen MR) is 77.8 cm³/mol. The summed E-state index contributed by atoms with van der Waals surface area (Å²) in [5.41, 5.74) is 2.57. The molecule has 2 bridgehead atoms. The minimum atomic E-state index is -0.539. The summed E-state index contributed by atoms with van der Waals surface area (Å²) in [6.45, 7) is 0.984. The first-order valence-electron chi connectivity index (χ1n) is 7.72. The Morgan fingerprint density at radius 2 is 2.29 bits per heavy atom. The molecule has 1 spiro atoms. The molecule has 110 valence electrons. The number of hydrogen-bond donors (Lipinski definition) is 2. The number of rotatable bonds is 1. The zero-order valence-electron chi connectivity index (χ0n) is 12.0. The van der Waals surface area contributed by atoms with Crippen LogP contribution in [0.4, 0.5) is 0 Å². The number of aliphatic hydroxyl groups excluding tert-OH is 1. The van der Waals surface area contributed by atoms with Crippen molar-refractivity contribution in [3.8, 4) is 11.5 Å². The predicted octanol–water partition coefficient (Wildman–Crippen LogP) is 1.16. The van der Waals surface area contributed by atoms with Crippen molar-refractivity contribution in [2.45, 2.75) is 36.5 Å². The first kappa shape index (κ1) is 12.1. The maximum atomic E-state index is 10.5. The van der Waals surface area contributed by atoms with Gasteiger partial charge in [0.2, 0.25) is 0 Å². The van der Waals surface area contributed by atoms with Crippen LogP contribution in [0.3, 0.4) is 0 Å². The third-order valence-electron chi connectivity index (χ3n) is 5.88. The van der Waals surface area contributed by atoms with Crippen LogP contribution in [0.15, 0.2) is 24.3 Å². The van der Waals surface area contributed by atoms with Crippen molar-refractivity contribution in [1.82, 2.24) is 5.32 Å². The second kappa shape index (κ2) is 3.81. The molecule has 1 aromatic rings. The third kappa shape index (κ3) is 1.25. The molecule has 1 fully saturated rings. The average Bonchev–Trinajstić information content (AvgIpc) is 2.83. The lowest BCUT2D eigenvalue weighted by atomic mass is 9.54. The number of nitrogens with one attached hydrogen (secondary N) is 1. The Morgan fingerprint density at radius 3 is 3.14 bits per heavy atom. The van der Waals surface area contributed by atoms with Gasteiger partial charge in [-0.05, 0) is 31.0 Å². The molecule has 4 aliphatic rings. The Hall–Kier alpha value is -1.52. The molecule has 0 aromatic heterocycles. The summed E-state index contributed by atoms with van der Waals surface area (Å²) in [4.78, 5) is 0. The van der Waals surface area contributed by atoms with Gasteiger partial charge in [0.25, 0.3) is 0 Å². The Kier molecular flexibility index (Phi) is 2.19. The molecule has 0 saturated carbocycles. The first-order valence-corrected chi connectivity index (χ1v) is 7.72. The largest absolute Gasteiger partial charge is 0.493 e. The van der Waals surface area contributed by atoms with Gasteiger partial charge < -0.3 is 19.9 Å². The van der Waals surface area contributed by atoms with E-state index >= 15 is 0 Å². The SMILES string of the molecule is COc1ccc2c3c1OC1C(O)C=C[C@H]4[C@@H](C2)NCC[C@]314. The molecular weight excluding hydrogens is 266 g/mol. The highest BCUT2D eigenvalue weighted by Crippen LogP contribution is 2.61. The zero-order valence-corrected chi connectivity index (χ0v) is 12.0. The maximum Gasteiger partial charge on any atom is 0.165 e. The lowest BCUT2D eigenvalue weighted by molar-refractivity contribution is -0.0177. The van der Waals surface area contributed by atoms with Gasteiger partial charge in [0.1, 0.15) is 12.2 Å². The Labute approximate surface area is 123 Å². The fraction of sp³-hybridized carbons (Fsp3) is 0.529. The van der Waals surface area contributed by atoms with Crippen LogP contribution in [0, 0.1) is 5.92 Å². The summed E-state index contributed by atoms with van der Waals surface area (Å²) >= 11 is 0. The van der Waals surface area contributed by atoms with Crippen molar-refractivity contribution in [1.29, 1.82) is 0 Å². The summed E-state index contributed by atoms with van der Waals surface area (Å²) in [6.07, 6.45) is 5.43. The van der Waals surface area contributed by atoms with E-state index < -0.39 is 6.10 Å². The van der Waals surface area contributed by atoms with Crippen molar-refractivity contribution < 1.29 is 14.6 Å². The van der Waals surface area contributed by atoms with E-state index in [0.717, 1.165) is 30.9 Å². The molecule has 2 heterocycles. The highest BCUT2D eigenvalue weighted by molar-refractivity contribution is 5.62. The lowest BCUT2D eigenvalue weighted by Crippen LogP contribution is -2.64. The summed E-state index contributed by atoms with van der Waals surface area (Å²) in [7, 11) is 1.68. The standard InChI is InChI=1S/C17H19NO3/c1-20-13-5-2-9-8-11-10-3-4-12(19)16-17(10,6-7-18-11)14(9)15(13)21-16/h2-5,10-12,16,18-19H,6-8H2,1H3/t10-,11+,12?,16?,17-/m0/s1. The molecule has 0 amide bonds. The van der Waals surface area contributed by atoms with Gasteiger partial charge >= 0.3 is 0 Å². The smallest absolute Gasteiger partial charge is 0.165 e. The summed E-state index contributed by atoms with van der Waals surface area (Å²) in [6, 6.07) is 4.62. The number of piperidine rings is 1. The van der Waals surface area contributed by atoms with Crippen LogP contribution in [0.1, 0.15) is 17.5 Å². The number of methoxy groups -OCH3 is 1. The van der Waals surface area contributed by atoms with Gasteiger partial charge in [0, 0.05) is 22.9 Å². The topological polar surface area (TPSA) is 50.7 Å². The molecule has 0 radical (unpaired) electrons. The van der Waals surface area contributed by atoms with Gasteiger partial charge in [-0.1, -0.05) is 18.2 Å². The fourth-order valence-electron chi connectivity index (χ4n) is 5.13. The van der Waals surface area contributed by atoms with E-state index in [0.29, 0.717) is 12.0 Å². The van der Waals surface area contributed by atoms with Gasteiger partial charge in [0.05, 0.1) is 7.11 Å². The molecule has 21 heavy (non-hydrogen) atoms. The van der Waals surface area contributed by atoms with Crippen molar-refractivity contribution in [2.24, 2.45) is 5.92 Å². The Balaban J connectivity index is 1.84. The first-order chi connectivity index (χ1) is 10.3. The van der Waals surface area contributed by atoms with Crippen LogP contribution in [-0.4, -0.2) is 37.0 Å². The summed E-state index contributed by atoms with van der Waals surface area (Å²) in [5.74, 6) is 2.06. The van der Waals surface area contributed by atoms with Crippen LogP contribution >= 0.6 is 0 Å². The minimum Gasteiger partial charge on any atom is -0.493 e. The van der Waals surface area contributed by atoms with E-state index in [4.69, 9.17) is 9.47 Å². The van der Waals surface area contributed by atoms with Crippen molar-refractivity contribution in [2.75, 3.05) is 13.7 Å². The molecular formula is C17H19NO3. The van der Waals surface area contributed by atoms with E-state index in [-0.39, 0.29) is 11.5 Å². The number of hydrogen-bond acceptors (Lipinski definition) is 4. The Morgan fingerprint density at radius 1 is 1.38 bits per heavy atom. The van der Waals surface area contributed by atoms with E-state index in [1.54, 1.807) is 7.11 Å².